The fourth-order valence-electron chi connectivity index (χ4n) is 2.36. The van der Waals surface area contributed by atoms with E-state index in [-0.39, 0.29) is 6.04 Å². The molecule has 0 amide bonds. The van der Waals surface area contributed by atoms with E-state index in [0.717, 1.165) is 13.0 Å². The average Bonchev–Trinajstić information content (AvgIpc) is 2.67. The summed E-state index contributed by atoms with van der Waals surface area (Å²) in [5, 5.41) is 1.32. The molecule has 2 N–H and O–H groups in total. The van der Waals surface area contributed by atoms with Crippen molar-refractivity contribution in [2.45, 2.75) is 25.9 Å². The van der Waals surface area contributed by atoms with Crippen LogP contribution >= 0.6 is 0 Å². The number of rotatable bonds is 0. The minimum absolute atomic E-state index is 0.239. The molecule has 1 aliphatic rings. The van der Waals surface area contributed by atoms with Gasteiger partial charge in [-0.1, -0.05) is 12.1 Å². The van der Waals surface area contributed by atoms with Gasteiger partial charge in [0.15, 0.2) is 0 Å². The smallest absolute Gasteiger partial charge is 0.0485 e. The van der Waals surface area contributed by atoms with Gasteiger partial charge >= 0.3 is 0 Å². The zero-order valence-corrected chi connectivity index (χ0v) is 8.33. The third-order valence-electron chi connectivity index (χ3n) is 3.14. The highest BCUT2D eigenvalue weighted by Crippen LogP contribution is 2.31. The lowest BCUT2D eigenvalue weighted by atomic mass is 10.1. The SMILES string of the molecule is Cc1ccc2cc3n(c2c1)CCC3N. The summed E-state index contributed by atoms with van der Waals surface area (Å²) in [5.74, 6) is 0. The van der Waals surface area contributed by atoms with Crippen molar-refractivity contribution in [1.29, 1.82) is 0 Å². The monoisotopic (exact) mass is 186 g/mol. The van der Waals surface area contributed by atoms with E-state index in [1.165, 1.54) is 22.2 Å². The Labute approximate surface area is 83.3 Å². The largest absolute Gasteiger partial charge is 0.343 e. The van der Waals surface area contributed by atoms with Crippen molar-refractivity contribution in [3.05, 3.63) is 35.5 Å². The number of nitrogens with zero attached hydrogens (tertiary/aromatic N) is 1. The standard InChI is InChI=1S/C12H14N2/c1-8-2-3-9-7-12-10(13)4-5-14(12)11(9)6-8/h2-3,6-7,10H,4-5,13H2,1H3. The number of aromatic nitrogens is 1. The Morgan fingerprint density at radius 2 is 2.21 bits per heavy atom. The topological polar surface area (TPSA) is 30.9 Å². The number of hydrogen-bond donors (Lipinski definition) is 1. The predicted molar refractivity (Wildman–Crippen MR) is 58.2 cm³/mol. The summed E-state index contributed by atoms with van der Waals surface area (Å²) in [7, 11) is 0. The van der Waals surface area contributed by atoms with Crippen molar-refractivity contribution in [1.82, 2.24) is 4.57 Å². The van der Waals surface area contributed by atoms with E-state index in [2.05, 4.69) is 35.8 Å². The zero-order valence-electron chi connectivity index (χ0n) is 8.33. The van der Waals surface area contributed by atoms with E-state index in [4.69, 9.17) is 5.73 Å². The van der Waals surface area contributed by atoms with Gasteiger partial charge < -0.3 is 10.3 Å². The quantitative estimate of drug-likeness (QED) is 0.672. The van der Waals surface area contributed by atoms with Crippen molar-refractivity contribution in [3.8, 4) is 0 Å². The van der Waals surface area contributed by atoms with Crippen LogP contribution in [0.5, 0.6) is 0 Å². The Balaban J connectivity index is 2.36. The Morgan fingerprint density at radius 3 is 3.07 bits per heavy atom. The van der Waals surface area contributed by atoms with Crippen LogP contribution in [0.4, 0.5) is 0 Å². The van der Waals surface area contributed by atoms with Crippen LogP contribution < -0.4 is 5.73 Å². The summed E-state index contributed by atoms with van der Waals surface area (Å²) >= 11 is 0. The van der Waals surface area contributed by atoms with Gasteiger partial charge in [-0.05, 0) is 36.4 Å². The summed E-state index contributed by atoms with van der Waals surface area (Å²) in [6.45, 7) is 3.21. The Bertz CT molecular complexity index is 496. The van der Waals surface area contributed by atoms with Crippen LogP contribution in [-0.2, 0) is 6.54 Å². The predicted octanol–water partition coefficient (Wildman–Crippen LogP) is 2.35. The molecule has 2 heterocycles. The van der Waals surface area contributed by atoms with Crippen molar-refractivity contribution in [3.63, 3.8) is 0 Å². The minimum Gasteiger partial charge on any atom is -0.343 e. The number of hydrogen-bond acceptors (Lipinski definition) is 1. The van der Waals surface area contributed by atoms with E-state index in [9.17, 15) is 0 Å². The molecule has 1 aromatic heterocycles. The molecular formula is C12H14N2. The van der Waals surface area contributed by atoms with Crippen molar-refractivity contribution in [2.75, 3.05) is 0 Å². The molecule has 0 radical (unpaired) electrons. The Hall–Kier alpha value is -1.28. The van der Waals surface area contributed by atoms with Crippen LogP contribution in [0.3, 0.4) is 0 Å². The summed E-state index contributed by atoms with van der Waals surface area (Å²) in [6, 6.07) is 9.05. The van der Waals surface area contributed by atoms with Gasteiger partial charge in [-0.25, -0.2) is 0 Å². The molecule has 0 saturated carbocycles. The molecule has 72 valence electrons. The molecule has 2 heteroatoms. The van der Waals surface area contributed by atoms with Gasteiger partial charge in [0.25, 0.3) is 0 Å². The van der Waals surface area contributed by atoms with E-state index in [1.807, 2.05) is 0 Å². The Kier molecular flexibility index (Phi) is 1.50. The van der Waals surface area contributed by atoms with Gasteiger partial charge in [0.05, 0.1) is 0 Å². The molecule has 0 fully saturated rings. The van der Waals surface area contributed by atoms with Gasteiger partial charge in [-0.3, -0.25) is 0 Å². The highest BCUT2D eigenvalue weighted by atomic mass is 15.0. The average molecular weight is 186 g/mol. The number of fused-ring (bicyclic) bond motifs is 3. The third kappa shape index (κ3) is 0.946. The maximum atomic E-state index is 6.03. The summed E-state index contributed by atoms with van der Waals surface area (Å²) < 4.78 is 2.35. The second-order valence-corrected chi connectivity index (χ2v) is 4.18. The highest BCUT2D eigenvalue weighted by Gasteiger charge is 2.20. The van der Waals surface area contributed by atoms with Crippen LogP contribution in [-0.4, -0.2) is 4.57 Å². The lowest BCUT2D eigenvalue weighted by Crippen LogP contribution is -2.04. The summed E-state index contributed by atoms with van der Waals surface area (Å²) in [6.07, 6.45) is 1.08. The van der Waals surface area contributed by atoms with Crippen LogP contribution in [0.2, 0.25) is 0 Å². The van der Waals surface area contributed by atoms with Gasteiger partial charge in [-0.15, -0.1) is 0 Å². The highest BCUT2D eigenvalue weighted by molar-refractivity contribution is 5.82. The number of benzene rings is 1. The minimum atomic E-state index is 0.239. The zero-order chi connectivity index (χ0) is 9.71. The fraction of sp³-hybridized carbons (Fsp3) is 0.333. The molecule has 0 bridgehead atoms. The third-order valence-corrected chi connectivity index (χ3v) is 3.14. The van der Waals surface area contributed by atoms with E-state index < -0.39 is 0 Å². The van der Waals surface area contributed by atoms with Crippen LogP contribution in [0, 0.1) is 6.92 Å². The molecule has 0 aliphatic carbocycles. The lowest BCUT2D eigenvalue weighted by molar-refractivity contribution is 0.691. The van der Waals surface area contributed by atoms with Crippen LogP contribution in [0.15, 0.2) is 24.3 Å². The number of nitrogens with two attached hydrogens (primary N) is 1. The number of aryl methyl sites for hydroxylation is 2. The molecule has 2 aromatic rings. The molecule has 2 nitrogen and oxygen atoms in total. The van der Waals surface area contributed by atoms with Crippen molar-refractivity contribution >= 4 is 10.9 Å². The second kappa shape index (κ2) is 2.61. The van der Waals surface area contributed by atoms with Gasteiger partial charge in [0.2, 0.25) is 0 Å². The van der Waals surface area contributed by atoms with E-state index >= 15 is 0 Å². The van der Waals surface area contributed by atoms with Gasteiger partial charge in [0, 0.05) is 23.8 Å². The lowest BCUT2D eigenvalue weighted by Gasteiger charge is -2.00. The van der Waals surface area contributed by atoms with E-state index in [0.29, 0.717) is 0 Å². The Morgan fingerprint density at radius 1 is 1.36 bits per heavy atom. The molecule has 3 rings (SSSR count). The first kappa shape index (κ1) is 8.06. The molecule has 1 aliphatic heterocycles. The maximum absolute atomic E-state index is 6.03. The van der Waals surface area contributed by atoms with Gasteiger partial charge in [0.1, 0.15) is 0 Å². The first-order valence-electron chi connectivity index (χ1n) is 5.11. The molecule has 1 unspecified atom stereocenters. The maximum Gasteiger partial charge on any atom is 0.0485 e. The van der Waals surface area contributed by atoms with E-state index in [1.54, 1.807) is 0 Å². The van der Waals surface area contributed by atoms with Crippen LogP contribution in [0.25, 0.3) is 10.9 Å². The second-order valence-electron chi connectivity index (χ2n) is 4.18. The van der Waals surface area contributed by atoms with Gasteiger partial charge in [-0.2, -0.15) is 0 Å². The first-order chi connectivity index (χ1) is 6.75. The molecule has 1 aromatic carbocycles. The summed E-state index contributed by atoms with van der Waals surface area (Å²) in [4.78, 5) is 0. The molecule has 14 heavy (non-hydrogen) atoms. The molecule has 0 spiro atoms. The first-order valence-corrected chi connectivity index (χ1v) is 5.11. The molecule has 1 atom stereocenters. The summed E-state index contributed by atoms with van der Waals surface area (Å²) in [5.41, 5.74) is 9.98. The van der Waals surface area contributed by atoms with Crippen molar-refractivity contribution < 1.29 is 0 Å². The fourth-order valence-corrected chi connectivity index (χ4v) is 2.36. The van der Waals surface area contributed by atoms with Crippen LogP contribution in [0.1, 0.15) is 23.7 Å². The molecule has 0 saturated heterocycles. The molecular weight excluding hydrogens is 172 g/mol. The van der Waals surface area contributed by atoms with Crippen molar-refractivity contribution in [2.24, 2.45) is 5.73 Å². The normalized spacial score (nSPS) is 20.3.